The predicted octanol–water partition coefficient (Wildman–Crippen LogP) is 1.93. The van der Waals surface area contributed by atoms with Crippen molar-refractivity contribution in [1.29, 1.82) is 0 Å². The number of likely N-dealkylation sites (N-methyl/N-ethyl adjacent to an activating group) is 2. The van der Waals surface area contributed by atoms with Gasteiger partial charge in [-0.1, -0.05) is 12.1 Å². The number of hydrogen-bond donors (Lipinski definition) is 1. The second-order valence-electron chi connectivity index (χ2n) is 4.49. The first-order valence-corrected chi connectivity index (χ1v) is 6.31. The molecule has 0 saturated heterocycles. The lowest BCUT2D eigenvalue weighted by molar-refractivity contribution is 0.501. The molecule has 3 heteroatoms. The van der Waals surface area contributed by atoms with E-state index >= 15 is 0 Å². The standard InChI is InChI=1S/C13H23N2P/c1-9-6-7-13(16)12(8-9)15(5)11(3)10(2)14-4/h6-8,10-11,14H,16H2,1-5H3. The second-order valence-corrected chi connectivity index (χ2v) is 5.11. The molecule has 1 rings (SSSR count). The first-order chi connectivity index (χ1) is 7.47. The molecule has 2 nitrogen and oxygen atoms in total. The molecule has 0 saturated carbocycles. The largest absolute Gasteiger partial charge is 0.370 e. The lowest BCUT2D eigenvalue weighted by Gasteiger charge is -2.32. The van der Waals surface area contributed by atoms with E-state index in [0.717, 1.165) is 0 Å². The van der Waals surface area contributed by atoms with Crippen LogP contribution in [0.5, 0.6) is 0 Å². The van der Waals surface area contributed by atoms with E-state index in [-0.39, 0.29) is 0 Å². The second kappa shape index (κ2) is 5.65. The molecule has 16 heavy (non-hydrogen) atoms. The van der Waals surface area contributed by atoms with Crippen LogP contribution in [0.15, 0.2) is 18.2 Å². The van der Waals surface area contributed by atoms with Crippen molar-refractivity contribution >= 4 is 20.2 Å². The Bertz CT molecular complexity index is 352. The average Bonchev–Trinajstić information content (AvgIpc) is 2.29. The summed E-state index contributed by atoms with van der Waals surface area (Å²) >= 11 is 0. The third-order valence-corrected chi connectivity index (χ3v) is 3.84. The zero-order chi connectivity index (χ0) is 12.3. The Hall–Kier alpha value is -0.590. The maximum atomic E-state index is 3.30. The summed E-state index contributed by atoms with van der Waals surface area (Å²) in [5, 5.41) is 4.55. The molecular weight excluding hydrogens is 215 g/mol. The van der Waals surface area contributed by atoms with Gasteiger partial charge in [-0.15, -0.1) is 9.24 Å². The molecular formula is C13H23N2P. The molecule has 0 heterocycles. The molecule has 0 fully saturated rings. The van der Waals surface area contributed by atoms with Gasteiger partial charge in [-0.2, -0.15) is 0 Å². The SMILES string of the molecule is CNC(C)C(C)N(C)c1cc(C)ccc1P. The lowest BCUT2D eigenvalue weighted by atomic mass is 10.1. The van der Waals surface area contributed by atoms with E-state index in [4.69, 9.17) is 0 Å². The quantitative estimate of drug-likeness (QED) is 0.806. The Labute approximate surface area is 102 Å². The molecule has 3 atom stereocenters. The van der Waals surface area contributed by atoms with Crippen LogP contribution in [0.25, 0.3) is 0 Å². The first-order valence-electron chi connectivity index (χ1n) is 5.73. The van der Waals surface area contributed by atoms with Crippen LogP contribution in [0, 0.1) is 6.92 Å². The molecule has 0 aliphatic heterocycles. The minimum Gasteiger partial charge on any atom is -0.370 e. The highest BCUT2D eigenvalue weighted by molar-refractivity contribution is 7.28. The number of nitrogens with zero attached hydrogens (tertiary/aromatic N) is 1. The van der Waals surface area contributed by atoms with Crippen molar-refractivity contribution in [2.75, 3.05) is 19.0 Å². The van der Waals surface area contributed by atoms with E-state index in [1.54, 1.807) is 0 Å². The van der Waals surface area contributed by atoms with Crippen LogP contribution in [0.3, 0.4) is 0 Å². The number of anilines is 1. The zero-order valence-corrected chi connectivity index (χ0v) is 12.1. The maximum absolute atomic E-state index is 3.30. The number of hydrogen-bond acceptors (Lipinski definition) is 2. The lowest BCUT2D eigenvalue weighted by Crippen LogP contribution is -2.45. The first kappa shape index (κ1) is 13.5. The number of rotatable bonds is 4. The molecule has 1 aromatic rings. The Morgan fingerprint density at radius 3 is 2.50 bits per heavy atom. The van der Waals surface area contributed by atoms with Crippen LogP contribution in [0.4, 0.5) is 5.69 Å². The van der Waals surface area contributed by atoms with Crippen LogP contribution >= 0.6 is 9.24 Å². The molecule has 0 spiro atoms. The number of nitrogens with one attached hydrogen (secondary N) is 1. The molecule has 0 bridgehead atoms. The third kappa shape index (κ3) is 2.96. The summed E-state index contributed by atoms with van der Waals surface area (Å²) in [7, 11) is 6.97. The molecule has 1 aromatic carbocycles. The Kier molecular flexibility index (Phi) is 4.76. The zero-order valence-electron chi connectivity index (χ0n) is 10.9. The minimum atomic E-state index is 0.464. The van der Waals surface area contributed by atoms with Gasteiger partial charge in [0.2, 0.25) is 0 Å². The third-order valence-electron chi connectivity index (χ3n) is 3.36. The van der Waals surface area contributed by atoms with E-state index < -0.39 is 0 Å². The van der Waals surface area contributed by atoms with Crippen molar-refractivity contribution in [2.45, 2.75) is 32.9 Å². The van der Waals surface area contributed by atoms with Crippen LogP contribution in [-0.4, -0.2) is 26.2 Å². The van der Waals surface area contributed by atoms with E-state index in [2.05, 4.69) is 65.5 Å². The van der Waals surface area contributed by atoms with Gasteiger partial charge in [0.1, 0.15) is 0 Å². The van der Waals surface area contributed by atoms with Gasteiger partial charge in [0.25, 0.3) is 0 Å². The highest BCUT2D eigenvalue weighted by Crippen LogP contribution is 2.18. The summed E-state index contributed by atoms with van der Waals surface area (Å²) in [6.07, 6.45) is 0. The topological polar surface area (TPSA) is 15.3 Å². The van der Waals surface area contributed by atoms with E-state index in [0.29, 0.717) is 12.1 Å². The van der Waals surface area contributed by atoms with Crippen LogP contribution in [-0.2, 0) is 0 Å². The van der Waals surface area contributed by atoms with Gasteiger partial charge >= 0.3 is 0 Å². The van der Waals surface area contributed by atoms with Crippen molar-refractivity contribution < 1.29 is 0 Å². The minimum absolute atomic E-state index is 0.464. The van der Waals surface area contributed by atoms with E-state index in [9.17, 15) is 0 Å². The van der Waals surface area contributed by atoms with Crippen molar-refractivity contribution in [3.8, 4) is 0 Å². The molecule has 0 radical (unpaired) electrons. The van der Waals surface area contributed by atoms with Gasteiger partial charge in [0.15, 0.2) is 0 Å². The Morgan fingerprint density at radius 2 is 1.94 bits per heavy atom. The van der Waals surface area contributed by atoms with Gasteiger partial charge in [-0.05, 0) is 44.8 Å². The van der Waals surface area contributed by atoms with Gasteiger partial charge in [-0.25, -0.2) is 0 Å². The molecule has 0 aliphatic rings. The summed E-state index contributed by atoms with van der Waals surface area (Å²) < 4.78 is 0. The predicted molar refractivity (Wildman–Crippen MR) is 76.9 cm³/mol. The molecule has 0 aliphatic carbocycles. The number of benzene rings is 1. The highest BCUT2D eigenvalue weighted by atomic mass is 31.0. The molecule has 3 unspecified atom stereocenters. The van der Waals surface area contributed by atoms with Gasteiger partial charge < -0.3 is 10.2 Å². The summed E-state index contributed by atoms with van der Waals surface area (Å²) in [4.78, 5) is 2.33. The fourth-order valence-corrected chi connectivity index (χ4v) is 2.14. The van der Waals surface area contributed by atoms with Crippen molar-refractivity contribution in [2.24, 2.45) is 0 Å². The van der Waals surface area contributed by atoms with Crippen molar-refractivity contribution in [1.82, 2.24) is 5.32 Å². The average molecular weight is 238 g/mol. The maximum Gasteiger partial charge on any atom is 0.0441 e. The van der Waals surface area contributed by atoms with Crippen LogP contribution in [0.2, 0.25) is 0 Å². The normalized spacial score (nSPS) is 14.6. The fourth-order valence-electron chi connectivity index (χ4n) is 1.76. The fraction of sp³-hybridized carbons (Fsp3) is 0.538. The van der Waals surface area contributed by atoms with Gasteiger partial charge in [0, 0.05) is 24.8 Å². The van der Waals surface area contributed by atoms with E-state index in [1.807, 2.05) is 7.05 Å². The molecule has 1 N–H and O–H groups in total. The summed E-state index contributed by atoms with van der Waals surface area (Å²) in [6.45, 7) is 6.58. The summed E-state index contributed by atoms with van der Waals surface area (Å²) in [5.41, 5.74) is 2.59. The van der Waals surface area contributed by atoms with Gasteiger partial charge in [-0.3, -0.25) is 0 Å². The van der Waals surface area contributed by atoms with Crippen LogP contribution < -0.4 is 15.5 Å². The summed E-state index contributed by atoms with van der Waals surface area (Å²) in [5.74, 6) is 0. The monoisotopic (exact) mass is 238 g/mol. The summed E-state index contributed by atoms with van der Waals surface area (Å²) in [6, 6.07) is 7.47. The van der Waals surface area contributed by atoms with Crippen molar-refractivity contribution in [3.05, 3.63) is 23.8 Å². The Balaban J connectivity index is 2.95. The van der Waals surface area contributed by atoms with Gasteiger partial charge in [0.05, 0.1) is 0 Å². The number of aryl methyl sites for hydroxylation is 1. The molecule has 90 valence electrons. The molecule has 0 aromatic heterocycles. The van der Waals surface area contributed by atoms with Crippen LogP contribution in [0.1, 0.15) is 19.4 Å². The highest BCUT2D eigenvalue weighted by Gasteiger charge is 2.17. The Morgan fingerprint density at radius 1 is 1.31 bits per heavy atom. The smallest absolute Gasteiger partial charge is 0.0441 e. The molecule has 0 amide bonds. The van der Waals surface area contributed by atoms with Crippen molar-refractivity contribution in [3.63, 3.8) is 0 Å². The van der Waals surface area contributed by atoms with E-state index in [1.165, 1.54) is 16.6 Å².